The van der Waals surface area contributed by atoms with Gasteiger partial charge in [-0.15, -0.1) is 0 Å². The fraction of sp³-hybridized carbons (Fsp3) is 0.238. The van der Waals surface area contributed by atoms with E-state index in [1.807, 2.05) is 55.5 Å². The standard InChI is InChI=1S/C21H21Br2N7O/c1-14(15-5-7-16(22)8-6-15)28-29-20-25-19(24-18-4-2-3-17(23)13-18)26-21(27-20)30-9-11-31-12-10-30/h2-8,13H,9-12H2,1H3,(H2,24,25,26,27,29)/b28-14-. The Morgan fingerprint density at radius 1 is 0.968 bits per heavy atom. The highest BCUT2D eigenvalue weighted by Gasteiger charge is 2.17. The molecule has 0 bridgehead atoms. The highest BCUT2D eigenvalue weighted by Crippen LogP contribution is 2.21. The topological polar surface area (TPSA) is 87.6 Å². The lowest BCUT2D eigenvalue weighted by atomic mass is 10.1. The average molecular weight is 547 g/mol. The Bertz CT molecular complexity index is 1070. The number of ether oxygens (including phenoxy) is 1. The summed E-state index contributed by atoms with van der Waals surface area (Å²) in [6.45, 7) is 4.66. The lowest BCUT2D eigenvalue weighted by Gasteiger charge is -2.27. The molecule has 2 heterocycles. The van der Waals surface area contributed by atoms with E-state index >= 15 is 0 Å². The van der Waals surface area contributed by atoms with Crippen LogP contribution in [0.15, 0.2) is 62.6 Å². The van der Waals surface area contributed by atoms with Crippen molar-refractivity contribution in [2.45, 2.75) is 6.92 Å². The maximum absolute atomic E-state index is 5.45. The second-order valence-corrected chi connectivity index (χ2v) is 8.66. The number of aromatic nitrogens is 3. The van der Waals surface area contributed by atoms with Crippen LogP contribution in [0, 0.1) is 0 Å². The lowest BCUT2D eigenvalue weighted by Crippen LogP contribution is -2.37. The molecule has 31 heavy (non-hydrogen) atoms. The van der Waals surface area contributed by atoms with Crippen molar-refractivity contribution in [2.75, 3.05) is 41.9 Å². The first-order valence-electron chi connectivity index (χ1n) is 9.74. The van der Waals surface area contributed by atoms with Gasteiger partial charge in [-0.3, -0.25) is 0 Å². The molecular weight excluding hydrogens is 526 g/mol. The van der Waals surface area contributed by atoms with Gasteiger partial charge >= 0.3 is 0 Å². The molecule has 0 unspecified atom stereocenters. The van der Waals surface area contributed by atoms with Gasteiger partial charge in [-0.25, -0.2) is 5.43 Å². The van der Waals surface area contributed by atoms with Crippen molar-refractivity contribution in [3.8, 4) is 0 Å². The summed E-state index contributed by atoms with van der Waals surface area (Å²) in [6.07, 6.45) is 0. The molecular formula is C21H21Br2N7O. The van der Waals surface area contributed by atoms with E-state index in [-0.39, 0.29) is 0 Å². The van der Waals surface area contributed by atoms with Crippen LogP contribution in [0.1, 0.15) is 12.5 Å². The molecule has 1 aromatic heterocycles. The fourth-order valence-electron chi connectivity index (χ4n) is 2.96. The number of hydrogen-bond donors (Lipinski definition) is 2. The summed E-state index contributed by atoms with van der Waals surface area (Å²) >= 11 is 6.94. The van der Waals surface area contributed by atoms with Gasteiger partial charge in [0.25, 0.3) is 0 Å². The van der Waals surface area contributed by atoms with Crippen molar-refractivity contribution >= 4 is 61.1 Å². The molecule has 0 amide bonds. The normalized spacial score (nSPS) is 14.4. The van der Waals surface area contributed by atoms with Gasteiger partial charge in [0, 0.05) is 27.7 Å². The van der Waals surface area contributed by atoms with Crippen molar-refractivity contribution in [1.29, 1.82) is 0 Å². The van der Waals surface area contributed by atoms with E-state index in [9.17, 15) is 0 Å². The molecule has 0 spiro atoms. The molecule has 1 saturated heterocycles. The smallest absolute Gasteiger partial charge is 0.250 e. The van der Waals surface area contributed by atoms with Gasteiger partial charge in [0.1, 0.15) is 0 Å². The molecule has 0 aliphatic carbocycles. The number of hydrogen-bond acceptors (Lipinski definition) is 8. The summed E-state index contributed by atoms with van der Waals surface area (Å²) in [5.41, 5.74) is 5.68. The van der Waals surface area contributed by atoms with Crippen LogP contribution in [-0.2, 0) is 4.74 Å². The Morgan fingerprint density at radius 2 is 1.71 bits per heavy atom. The molecule has 4 rings (SSSR count). The van der Waals surface area contributed by atoms with Gasteiger partial charge in [0.2, 0.25) is 17.8 Å². The number of nitrogens with one attached hydrogen (secondary N) is 2. The van der Waals surface area contributed by atoms with Crippen molar-refractivity contribution in [1.82, 2.24) is 15.0 Å². The van der Waals surface area contributed by atoms with Gasteiger partial charge < -0.3 is 15.0 Å². The molecule has 3 aromatic rings. The molecule has 160 valence electrons. The third-order valence-corrected chi connectivity index (χ3v) is 5.61. The molecule has 1 aliphatic heterocycles. The Kier molecular flexibility index (Phi) is 7.10. The second-order valence-electron chi connectivity index (χ2n) is 6.83. The van der Waals surface area contributed by atoms with E-state index in [0.717, 1.165) is 39.0 Å². The highest BCUT2D eigenvalue weighted by atomic mass is 79.9. The Labute approximate surface area is 197 Å². The Hall–Kier alpha value is -2.56. The second kappa shape index (κ2) is 10.2. The molecule has 1 fully saturated rings. The Balaban J connectivity index is 1.60. The summed E-state index contributed by atoms with van der Waals surface area (Å²) in [5, 5.41) is 7.71. The minimum absolute atomic E-state index is 0.366. The predicted octanol–water partition coefficient (Wildman–Crippen LogP) is 4.81. The van der Waals surface area contributed by atoms with Crippen LogP contribution in [0.25, 0.3) is 0 Å². The minimum atomic E-state index is 0.366. The van der Waals surface area contributed by atoms with Gasteiger partial charge in [0.05, 0.1) is 18.9 Å². The van der Waals surface area contributed by atoms with E-state index < -0.39 is 0 Å². The minimum Gasteiger partial charge on any atom is -0.378 e. The van der Waals surface area contributed by atoms with Crippen LogP contribution in [0.4, 0.5) is 23.5 Å². The SMILES string of the molecule is C/C(=N/Nc1nc(Nc2cccc(Br)c2)nc(N2CCOCC2)n1)c1ccc(Br)cc1. The number of rotatable bonds is 6. The largest absolute Gasteiger partial charge is 0.378 e. The zero-order valence-electron chi connectivity index (χ0n) is 16.8. The summed E-state index contributed by atoms with van der Waals surface area (Å²) in [4.78, 5) is 15.8. The van der Waals surface area contributed by atoms with Crippen molar-refractivity contribution in [3.05, 3.63) is 63.0 Å². The number of benzene rings is 2. The summed E-state index contributed by atoms with van der Waals surface area (Å²) in [6, 6.07) is 15.8. The van der Waals surface area contributed by atoms with Crippen LogP contribution in [0.3, 0.4) is 0 Å². The maximum atomic E-state index is 5.45. The zero-order chi connectivity index (χ0) is 21.6. The van der Waals surface area contributed by atoms with Crippen LogP contribution >= 0.6 is 31.9 Å². The predicted molar refractivity (Wildman–Crippen MR) is 130 cm³/mol. The molecule has 0 radical (unpaired) electrons. The van der Waals surface area contributed by atoms with Gasteiger partial charge in [-0.2, -0.15) is 20.1 Å². The van der Waals surface area contributed by atoms with Crippen LogP contribution in [0.5, 0.6) is 0 Å². The third-order valence-electron chi connectivity index (χ3n) is 4.58. The molecule has 0 atom stereocenters. The van der Waals surface area contributed by atoms with Gasteiger partial charge in [-0.1, -0.05) is 50.1 Å². The van der Waals surface area contributed by atoms with Crippen LogP contribution in [-0.4, -0.2) is 47.0 Å². The van der Waals surface area contributed by atoms with E-state index in [2.05, 4.69) is 67.6 Å². The highest BCUT2D eigenvalue weighted by molar-refractivity contribution is 9.10. The quantitative estimate of drug-likeness (QED) is 0.339. The first-order valence-corrected chi connectivity index (χ1v) is 11.3. The number of anilines is 4. The fourth-order valence-corrected chi connectivity index (χ4v) is 3.62. The van der Waals surface area contributed by atoms with Crippen molar-refractivity contribution < 1.29 is 4.74 Å². The van der Waals surface area contributed by atoms with Gasteiger partial charge in [-0.05, 0) is 42.8 Å². The summed E-state index contributed by atoms with van der Waals surface area (Å²) in [7, 11) is 0. The van der Waals surface area contributed by atoms with E-state index in [4.69, 9.17) is 4.74 Å². The Morgan fingerprint density at radius 3 is 2.45 bits per heavy atom. The first-order chi connectivity index (χ1) is 15.1. The van der Waals surface area contributed by atoms with Gasteiger partial charge in [0.15, 0.2) is 0 Å². The van der Waals surface area contributed by atoms with Crippen LogP contribution in [0.2, 0.25) is 0 Å². The number of hydrazone groups is 1. The maximum Gasteiger partial charge on any atom is 0.250 e. The summed E-state index contributed by atoms with van der Waals surface area (Å²) < 4.78 is 7.44. The molecule has 1 aliphatic rings. The molecule has 2 aromatic carbocycles. The molecule has 8 nitrogen and oxygen atoms in total. The summed E-state index contributed by atoms with van der Waals surface area (Å²) in [5.74, 6) is 1.38. The number of morpholine rings is 1. The third kappa shape index (κ3) is 5.99. The molecule has 2 N–H and O–H groups in total. The monoisotopic (exact) mass is 545 g/mol. The van der Waals surface area contributed by atoms with E-state index in [0.29, 0.717) is 31.1 Å². The van der Waals surface area contributed by atoms with Crippen molar-refractivity contribution in [3.63, 3.8) is 0 Å². The number of nitrogens with zero attached hydrogens (tertiary/aromatic N) is 5. The molecule has 0 saturated carbocycles. The van der Waals surface area contributed by atoms with Crippen molar-refractivity contribution in [2.24, 2.45) is 5.10 Å². The van der Waals surface area contributed by atoms with Crippen LogP contribution < -0.4 is 15.6 Å². The average Bonchev–Trinajstić information content (AvgIpc) is 2.78. The first kappa shape index (κ1) is 21.7. The van der Waals surface area contributed by atoms with E-state index in [1.54, 1.807) is 0 Å². The lowest BCUT2D eigenvalue weighted by molar-refractivity contribution is 0.122. The van der Waals surface area contributed by atoms with E-state index in [1.165, 1.54) is 0 Å². The number of halogens is 2. The molecule has 10 heteroatoms. The zero-order valence-corrected chi connectivity index (χ0v) is 20.0.